The lowest BCUT2D eigenvalue weighted by Crippen LogP contribution is -2.22. The Morgan fingerprint density at radius 3 is 2.69 bits per heavy atom. The summed E-state index contributed by atoms with van der Waals surface area (Å²) in [6.07, 6.45) is 3.27. The van der Waals surface area contributed by atoms with Gasteiger partial charge in [0.15, 0.2) is 0 Å². The molecule has 0 amide bonds. The summed E-state index contributed by atoms with van der Waals surface area (Å²) in [5.41, 5.74) is -0.444. The second kappa shape index (κ2) is 2.94. The fourth-order valence-corrected chi connectivity index (χ4v) is 1.47. The monoisotopic (exact) mass is 182 g/mol. The van der Waals surface area contributed by atoms with E-state index in [2.05, 4.69) is 9.97 Å². The molecule has 1 aromatic rings. The second-order valence-corrected chi connectivity index (χ2v) is 3.48. The number of hydrogen-bond donors (Lipinski definition) is 1. The molecule has 3 nitrogen and oxygen atoms in total. The van der Waals surface area contributed by atoms with Gasteiger partial charge >= 0.3 is 0 Å². The Kier molecular flexibility index (Phi) is 1.90. The molecule has 0 aliphatic heterocycles. The number of halogens is 1. The van der Waals surface area contributed by atoms with Gasteiger partial charge < -0.3 is 4.98 Å². The molecule has 1 aliphatic carbocycles. The maximum Gasteiger partial charge on any atom is 0.287 e. The number of H-pyrrole nitrogens is 1. The number of hydrogen-bond acceptors (Lipinski definition) is 2. The zero-order valence-corrected chi connectivity index (χ0v) is 7.43. The van der Waals surface area contributed by atoms with Gasteiger partial charge in [-0.15, -0.1) is 0 Å². The highest BCUT2D eigenvalue weighted by Crippen LogP contribution is 2.33. The van der Waals surface area contributed by atoms with Crippen molar-refractivity contribution in [2.45, 2.75) is 32.1 Å². The van der Waals surface area contributed by atoms with E-state index in [0.29, 0.717) is 11.7 Å². The highest BCUT2D eigenvalue weighted by molar-refractivity contribution is 5.08. The van der Waals surface area contributed by atoms with Crippen molar-refractivity contribution in [3.8, 4) is 0 Å². The molecule has 0 bridgehead atoms. The van der Waals surface area contributed by atoms with Gasteiger partial charge in [-0.25, -0.2) is 4.98 Å². The van der Waals surface area contributed by atoms with Crippen LogP contribution in [0.1, 0.15) is 36.7 Å². The zero-order chi connectivity index (χ0) is 9.42. The summed E-state index contributed by atoms with van der Waals surface area (Å²) >= 11 is 0. The fraction of sp³-hybridized carbons (Fsp3) is 0.556. The van der Waals surface area contributed by atoms with Crippen LogP contribution in [-0.4, -0.2) is 9.97 Å². The standard InChI is InChI=1S/C9H11FN2O/c1-5-7(10)9(13)12-8(11-5)6-3-2-4-6/h6H,2-4H2,1H3,(H,11,12,13). The number of nitrogens with one attached hydrogen (secondary N) is 1. The van der Waals surface area contributed by atoms with Crippen LogP contribution in [0.3, 0.4) is 0 Å². The van der Waals surface area contributed by atoms with Gasteiger partial charge in [-0.2, -0.15) is 4.39 Å². The van der Waals surface area contributed by atoms with Crippen molar-refractivity contribution in [1.82, 2.24) is 9.97 Å². The van der Waals surface area contributed by atoms with Crippen LogP contribution in [0.25, 0.3) is 0 Å². The van der Waals surface area contributed by atoms with Crippen LogP contribution < -0.4 is 5.56 Å². The molecule has 0 saturated heterocycles. The highest BCUT2D eigenvalue weighted by Gasteiger charge is 2.22. The van der Waals surface area contributed by atoms with Crippen LogP contribution in [0.4, 0.5) is 4.39 Å². The van der Waals surface area contributed by atoms with Crippen molar-refractivity contribution in [3.05, 3.63) is 27.7 Å². The number of nitrogens with zero attached hydrogens (tertiary/aromatic N) is 1. The predicted molar refractivity (Wildman–Crippen MR) is 46.1 cm³/mol. The smallest absolute Gasteiger partial charge is 0.287 e. The Bertz CT molecular complexity index is 382. The maximum absolute atomic E-state index is 12.9. The number of rotatable bonds is 1. The molecule has 70 valence electrons. The minimum atomic E-state index is -0.761. The van der Waals surface area contributed by atoms with Crippen molar-refractivity contribution >= 4 is 0 Å². The van der Waals surface area contributed by atoms with Crippen LogP contribution in [-0.2, 0) is 0 Å². The molecule has 0 radical (unpaired) electrons. The molecule has 1 heterocycles. The van der Waals surface area contributed by atoms with E-state index in [1.165, 1.54) is 13.3 Å². The third-order valence-corrected chi connectivity index (χ3v) is 2.54. The summed E-state index contributed by atoms with van der Waals surface area (Å²) in [7, 11) is 0. The predicted octanol–water partition coefficient (Wildman–Crippen LogP) is 1.48. The summed E-state index contributed by atoms with van der Waals surface area (Å²) in [6.45, 7) is 1.52. The molecule has 0 unspecified atom stereocenters. The lowest BCUT2D eigenvalue weighted by molar-refractivity contribution is 0.396. The number of aryl methyl sites for hydroxylation is 1. The SMILES string of the molecule is Cc1nc(C2CCC2)[nH]c(=O)c1F. The third kappa shape index (κ3) is 1.36. The van der Waals surface area contributed by atoms with E-state index in [9.17, 15) is 9.18 Å². The van der Waals surface area contributed by atoms with Crippen LogP contribution >= 0.6 is 0 Å². The Morgan fingerprint density at radius 2 is 2.23 bits per heavy atom. The van der Waals surface area contributed by atoms with Gasteiger partial charge in [0, 0.05) is 5.92 Å². The molecule has 13 heavy (non-hydrogen) atoms. The molecule has 1 aromatic heterocycles. The molecule has 1 fully saturated rings. The van der Waals surface area contributed by atoms with Gasteiger partial charge in [0.1, 0.15) is 5.82 Å². The van der Waals surface area contributed by atoms with Crippen LogP contribution in [0.15, 0.2) is 4.79 Å². The lowest BCUT2D eigenvalue weighted by Gasteiger charge is -2.24. The topological polar surface area (TPSA) is 45.8 Å². The molecule has 0 aromatic carbocycles. The van der Waals surface area contributed by atoms with Crippen molar-refractivity contribution in [2.75, 3.05) is 0 Å². The van der Waals surface area contributed by atoms with E-state index >= 15 is 0 Å². The fourth-order valence-electron chi connectivity index (χ4n) is 1.47. The number of aromatic nitrogens is 2. The van der Waals surface area contributed by atoms with Gasteiger partial charge in [0.05, 0.1) is 5.69 Å². The first kappa shape index (κ1) is 8.41. The van der Waals surface area contributed by atoms with Crippen molar-refractivity contribution < 1.29 is 4.39 Å². The first-order chi connectivity index (χ1) is 6.18. The lowest BCUT2D eigenvalue weighted by atomic mass is 9.85. The van der Waals surface area contributed by atoms with E-state index in [1.54, 1.807) is 0 Å². The first-order valence-corrected chi connectivity index (χ1v) is 4.45. The van der Waals surface area contributed by atoms with Gasteiger partial charge in [-0.05, 0) is 19.8 Å². The molecule has 0 atom stereocenters. The van der Waals surface area contributed by atoms with Gasteiger partial charge in [0.2, 0.25) is 5.82 Å². The normalized spacial score (nSPS) is 17.1. The van der Waals surface area contributed by atoms with Crippen LogP contribution in [0, 0.1) is 12.7 Å². The Morgan fingerprint density at radius 1 is 1.54 bits per heavy atom. The summed E-state index contributed by atoms with van der Waals surface area (Å²) < 4.78 is 12.9. The average Bonchev–Trinajstić information content (AvgIpc) is 1.96. The summed E-state index contributed by atoms with van der Waals surface area (Å²) in [5.74, 6) is 0.227. The molecule has 2 rings (SSSR count). The van der Waals surface area contributed by atoms with Gasteiger partial charge in [0.25, 0.3) is 5.56 Å². The minimum absolute atomic E-state index is 0.200. The summed E-state index contributed by atoms with van der Waals surface area (Å²) in [6, 6.07) is 0. The van der Waals surface area contributed by atoms with Crippen LogP contribution in [0.2, 0.25) is 0 Å². The van der Waals surface area contributed by atoms with E-state index in [1.807, 2.05) is 0 Å². The second-order valence-electron chi connectivity index (χ2n) is 3.48. The average molecular weight is 182 g/mol. The quantitative estimate of drug-likeness (QED) is 0.715. The Hall–Kier alpha value is -1.19. The van der Waals surface area contributed by atoms with Crippen molar-refractivity contribution in [3.63, 3.8) is 0 Å². The van der Waals surface area contributed by atoms with E-state index in [0.717, 1.165) is 12.8 Å². The molecule has 1 aliphatic rings. The minimum Gasteiger partial charge on any atom is -0.308 e. The Labute approximate surface area is 75.0 Å². The molecule has 1 N–H and O–H groups in total. The summed E-state index contributed by atoms with van der Waals surface area (Å²) in [4.78, 5) is 17.5. The largest absolute Gasteiger partial charge is 0.308 e. The van der Waals surface area contributed by atoms with E-state index in [-0.39, 0.29) is 5.69 Å². The first-order valence-electron chi connectivity index (χ1n) is 4.45. The summed E-state index contributed by atoms with van der Waals surface area (Å²) in [5, 5.41) is 0. The zero-order valence-electron chi connectivity index (χ0n) is 7.43. The third-order valence-electron chi connectivity index (χ3n) is 2.54. The van der Waals surface area contributed by atoms with Gasteiger partial charge in [-0.3, -0.25) is 4.79 Å². The van der Waals surface area contributed by atoms with E-state index in [4.69, 9.17) is 0 Å². The highest BCUT2D eigenvalue weighted by atomic mass is 19.1. The van der Waals surface area contributed by atoms with Crippen molar-refractivity contribution in [1.29, 1.82) is 0 Å². The Balaban J connectivity index is 2.43. The molecule has 1 saturated carbocycles. The van der Waals surface area contributed by atoms with Gasteiger partial charge in [-0.1, -0.05) is 6.42 Å². The molecular weight excluding hydrogens is 171 g/mol. The number of aromatic amines is 1. The molecular formula is C9H11FN2O. The van der Waals surface area contributed by atoms with E-state index < -0.39 is 11.4 Å². The molecule has 0 spiro atoms. The maximum atomic E-state index is 12.9. The molecule has 4 heteroatoms. The van der Waals surface area contributed by atoms with Crippen molar-refractivity contribution in [2.24, 2.45) is 0 Å². The van der Waals surface area contributed by atoms with Crippen LogP contribution in [0.5, 0.6) is 0 Å².